The third kappa shape index (κ3) is 6.12. The molecular formula is C32H39FN8O5. The molecule has 1 spiro atoms. The van der Waals surface area contributed by atoms with Gasteiger partial charge in [0.05, 0.1) is 35.9 Å². The summed E-state index contributed by atoms with van der Waals surface area (Å²) in [6.45, 7) is 8.60. The number of rotatable bonds is 2. The van der Waals surface area contributed by atoms with Gasteiger partial charge in [-0.1, -0.05) is 31.1 Å². The van der Waals surface area contributed by atoms with Crippen molar-refractivity contribution in [1.29, 1.82) is 0 Å². The van der Waals surface area contributed by atoms with Crippen LogP contribution in [-0.2, 0) is 21.5 Å². The number of carbonyl (C=O) groups is 4. The molecule has 13 nitrogen and oxygen atoms in total. The number of amides is 4. The van der Waals surface area contributed by atoms with E-state index in [1.54, 1.807) is 21.4 Å². The van der Waals surface area contributed by atoms with Crippen LogP contribution in [0.1, 0.15) is 96.8 Å². The zero-order chi connectivity index (χ0) is 32.8. The predicted molar refractivity (Wildman–Crippen MR) is 162 cm³/mol. The van der Waals surface area contributed by atoms with Crippen LogP contribution in [0.5, 0.6) is 0 Å². The van der Waals surface area contributed by atoms with Crippen LogP contribution in [0.2, 0.25) is 0 Å². The number of aryl methyl sites for hydroxylation is 1. The Bertz CT molecular complexity index is 1650. The van der Waals surface area contributed by atoms with Gasteiger partial charge < -0.3 is 25.0 Å². The topological polar surface area (TPSA) is 156 Å². The first kappa shape index (κ1) is 31.4. The highest BCUT2D eigenvalue weighted by molar-refractivity contribution is 5.98. The summed E-state index contributed by atoms with van der Waals surface area (Å²) >= 11 is 0. The molecule has 2 saturated heterocycles. The number of hydrogen-bond acceptors (Lipinski definition) is 8. The smallest absolute Gasteiger partial charge is 0.257 e. The Labute approximate surface area is 265 Å². The second-order valence-corrected chi connectivity index (χ2v) is 13.6. The van der Waals surface area contributed by atoms with E-state index in [-0.39, 0.29) is 66.6 Å². The third-order valence-corrected chi connectivity index (χ3v) is 9.40. The van der Waals surface area contributed by atoms with Gasteiger partial charge >= 0.3 is 0 Å². The average Bonchev–Trinajstić information content (AvgIpc) is 3.67. The number of halogens is 1. The quantitative estimate of drug-likeness (QED) is 0.436. The molecule has 0 radical (unpaired) electrons. The first-order valence-corrected chi connectivity index (χ1v) is 15.7. The highest BCUT2D eigenvalue weighted by atomic mass is 19.1. The molecule has 2 fully saturated rings. The molecule has 14 heteroatoms. The van der Waals surface area contributed by atoms with Gasteiger partial charge in [-0.05, 0) is 56.9 Å². The van der Waals surface area contributed by atoms with Gasteiger partial charge in [-0.2, -0.15) is 0 Å². The summed E-state index contributed by atoms with van der Waals surface area (Å²) < 4.78 is 20.7. The average molecular weight is 635 g/mol. The van der Waals surface area contributed by atoms with Crippen molar-refractivity contribution in [3.05, 3.63) is 64.6 Å². The third-order valence-electron chi connectivity index (χ3n) is 9.40. The maximum atomic E-state index is 14.1. The summed E-state index contributed by atoms with van der Waals surface area (Å²) in [6.07, 6.45) is 3.38. The fourth-order valence-electron chi connectivity index (χ4n) is 6.60. The van der Waals surface area contributed by atoms with Crippen molar-refractivity contribution in [2.75, 3.05) is 19.6 Å². The molecule has 0 saturated carbocycles. The number of piperidine rings is 2. The Morgan fingerprint density at radius 1 is 1.09 bits per heavy atom. The maximum absolute atomic E-state index is 14.1. The summed E-state index contributed by atoms with van der Waals surface area (Å²) in [7, 11) is 0. The second-order valence-electron chi connectivity index (χ2n) is 13.6. The molecule has 0 aliphatic carbocycles. The molecule has 2 aromatic heterocycles. The van der Waals surface area contributed by atoms with Crippen LogP contribution < -0.4 is 10.6 Å². The first-order valence-electron chi connectivity index (χ1n) is 15.7. The van der Waals surface area contributed by atoms with Crippen molar-refractivity contribution < 1.29 is 28.1 Å². The second kappa shape index (κ2) is 12.0. The van der Waals surface area contributed by atoms with Crippen molar-refractivity contribution in [3.63, 3.8) is 0 Å². The normalized spacial score (nSPS) is 22.3. The Balaban J connectivity index is 1.27. The van der Waals surface area contributed by atoms with E-state index in [0.717, 1.165) is 5.69 Å². The minimum atomic E-state index is -0.987. The van der Waals surface area contributed by atoms with Gasteiger partial charge in [-0.15, -0.1) is 5.10 Å². The van der Waals surface area contributed by atoms with Gasteiger partial charge in [-0.25, -0.2) is 9.07 Å². The highest BCUT2D eigenvalue weighted by Crippen LogP contribution is 2.33. The summed E-state index contributed by atoms with van der Waals surface area (Å²) in [4.78, 5) is 58.0. The number of aromatic nitrogens is 4. The van der Waals surface area contributed by atoms with Crippen LogP contribution in [0.4, 0.5) is 4.39 Å². The van der Waals surface area contributed by atoms with Crippen molar-refractivity contribution >= 4 is 23.6 Å². The first-order chi connectivity index (χ1) is 21.8. The minimum Gasteiger partial charge on any atom is -0.358 e. The number of carbonyl (C=O) groups excluding carboxylic acids is 4. The Hall–Kier alpha value is -4.62. The van der Waals surface area contributed by atoms with Crippen molar-refractivity contribution in [3.8, 4) is 0 Å². The number of likely N-dealkylation sites (tertiary alicyclic amines) is 1. The molecule has 3 aliphatic rings. The van der Waals surface area contributed by atoms with E-state index >= 15 is 0 Å². The van der Waals surface area contributed by atoms with Crippen LogP contribution in [0.3, 0.4) is 0 Å². The van der Waals surface area contributed by atoms with Gasteiger partial charge in [-0.3, -0.25) is 19.2 Å². The molecule has 4 amide bonds. The number of nitrogens with zero attached hydrogens (tertiary/aromatic N) is 6. The van der Waals surface area contributed by atoms with E-state index < -0.39 is 23.3 Å². The van der Waals surface area contributed by atoms with E-state index in [2.05, 4.69) is 46.9 Å². The molecule has 2 N–H and O–H groups in total. The molecule has 3 aliphatic heterocycles. The Kier molecular flexibility index (Phi) is 8.15. The van der Waals surface area contributed by atoms with E-state index in [4.69, 9.17) is 4.52 Å². The summed E-state index contributed by atoms with van der Waals surface area (Å²) in [5, 5.41) is 18.7. The predicted octanol–water partition coefficient (Wildman–Crippen LogP) is 2.67. The largest absolute Gasteiger partial charge is 0.358 e. The number of nitrogens with one attached hydrogen (secondary N) is 2. The summed E-state index contributed by atoms with van der Waals surface area (Å²) in [5.41, 5.74) is 0.602. The summed E-state index contributed by atoms with van der Waals surface area (Å²) in [5.74, 6) is -1.53. The van der Waals surface area contributed by atoms with Gasteiger partial charge in [0.15, 0.2) is 5.76 Å². The SMILES string of the molecule is Cc1noc2c1C(=O)NC1(CCN(C(=O)c3ccc(F)cc3)CC1)CC(=O)N1CC[C@H](n3cc(C(C)(C)C)nn3)C[C@H]1C(=O)NC2. The van der Waals surface area contributed by atoms with Crippen LogP contribution in [0.15, 0.2) is 35.0 Å². The van der Waals surface area contributed by atoms with Gasteiger partial charge in [0.2, 0.25) is 11.8 Å². The standard InChI is InChI=1S/C32H39FN8O5/c1-19-27-24(46-37-19)17-34-28(43)23-15-22(41-18-25(36-38-41)31(2,3)4)9-12-40(23)26(42)16-32(35-29(27)44)10-13-39(14-11-32)30(45)20-5-7-21(33)8-6-20/h5-8,18,22-23H,9-17H2,1-4H3,(H,34,43)(H,35,44)/t22-,23-/m0/s1. The van der Waals surface area contributed by atoms with E-state index in [1.165, 1.54) is 24.3 Å². The molecule has 3 aromatic rings. The van der Waals surface area contributed by atoms with E-state index in [1.807, 2.05) is 6.20 Å². The van der Waals surface area contributed by atoms with Crippen LogP contribution in [0, 0.1) is 12.7 Å². The van der Waals surface area contributed by atoms with E-state index in [9.17, 15) is 23.6 Å². The lowest BCUT2D eigenvalue weighted by Gasteiger charge is -2.45. The van der Waals surface area contributed by atoms with Gasteiger partial charge in [0, 0.05) is 36.8 Å². The zero-order valence-electron chi connectivity index (χ0n) is 26.5. The number of fused-ring (bicyclic) bond motifs is 2. The Morgan fingerprint density at radius 2 is 1.80 bits per heavy atom. The van der Waals surface area contributed by atoms with Gasteiger partial charge in [0.25, 0.3) is 11.8 Å². The number of benzene rings is 1. The molecule has 6 rings (SSSR count). The van der Waals surface area contributed by atoms with Gasteiger partial charge in [0.1, 0.15) is 17.4 Å². The molecule has 5 heterocycles. The number of hydrogen-bond donors (Lipinski definition) is 2. The monoisotopic (exact) mass is 634 g/mol. The zero-order valence-corrected chi connectivity index (χ0v) is 26.5. The fraction of sp³-hybridized carbons (Fsp3) is 0.531. The molecule has 244 valence electrons. The maximum Gasteiger partial charge on any atom is 0.257 e. The molecule has 46 heavy (non-hydrogen) atoms. The van der Waals surface area contributed by atoms with Crippen LogP contribution in [-0.4, -0.2) is 84.8 Å². The van der Waals surface area contributed by atoms with Crippen molar-refractivity contribution in [2.45, 2.75) is 89.4 Å². The van der Waals surface area contributed by atoms with Crippen LogP contribution in [0.25, 0.3) is 0 Å². The lowest BCUT2D eigenvalue weighted by Crippen LogP contribution is -2.60. The van der Waals surface area contributed by atoms with Crippen molar-refractivity contribution in [1.82, 2.24) is 40.6 Å². The van der Waals surface area contributed by atoms with Crippen LogP contribution >= 0.6 is 0 Å². The highest BCUT2D eigenvalue weighted by Gasteiger charge is 2.45. The molecule has 2 atom stereocenters. The fourth-order valence-corrected chi connectivity index (χ4v) is 6.60. The molecular weight excluding hydrogens is 595 g/mol. The lowest BCUT2D eigenvalue weighted by molar-refractivity contribution is -0.144. The molecule has 1 aromatic carbocycles. The molecule has 0 bridgehead atoms. The lowest BCUT2D eigenvalue weighted by atomic mass is 9.82. The summed E-state index contributed by atoms with van der Waals surface area (Å²) in [6, 6.07) is 4.44. The van der Waals surface area contributed by atoms with Crippen molar-refractivity contribution in [2.24, 2.45) is 0 Å². The Morgan fingerprint density at radius 3 is 2.48 bits per heavy atom. The molecule has 0 unspecified atom stereocenters. The minimum absolute atomic E-state index is 0.0527. The van der Waals surface area contributed by atoms with E-state index in [0.29, 0.717) is 43.5 Å².